The van der Waals surface area contributed by atoms with Crippen LogP contribution in [0.4, 0.5) is 0 Å². The van der Waals surface area contributed by atoms with Crippen molar-refractivity contribution in [2.45, 2.75) is 32.6 Å². The molecule has 4 rings (SSSR count). The van der Waals surface area contributed by atoms with E-state index in [1.54, 1.807) is 0 Å². The smallest absolute Gasteiger partial charge is 0.140 e. The van der Waals surface area contributed by atoms with E-state index in [1.165, 1.54) is 31.6 Å². The Morgan fingerprint density at radius 2 is 2.13 bits per heavy atom. The van der Waals surface area contributed by atoms with E-state index >= 15 is 0 Å². The van der Waals surface area contributed by atoms with E-state index in [-0.39, 0.29) is 5.92 Å². The first kappa shape index (κ1) is 9.44. The van der Waals surface area contributed by atoms with Gasteiger partial charge in [-0.05, 0) is 25.2 Å². The van der Waals surface area contributed by atoms with Gasteiger partial charge in [0.1, 0.15) is 5.78 Å². The highest BCUT2D eigenvalue weighted by Gasteiger charge is 2.42. The maximum absolute atomic E-state index is 11.9. The van der Waals surface area contributed by atoms with Crippen LogP contribution < -0.4 is 0 Å². The summed E-state index contributed by atoms with van der Waals surface area (Å²) in [5.74, 6) is 2.10. The molecule has 2 bridgehead atoms. The minimum Gasteiger partial charge on any atom is -0.375 e. The Kier molecular flexibility index (Phi) is 2.11. The number of nitrogens with zero attached hydrogens (tertiary/aromatic N) is 1. The van der Waals surface area contributed by atoms with E-state index in [1.807, 2.05) is 0 Å². The fraction of sp³-hybridized carbons (Fsp3) is 0.769. The summed E-state index contributed by atoms with van der Waals surface area (Å²) in [7, 11) is 0. The quantitative estimate of drug-likeness (QED) is 0.654. The lowest BCUT2D eigenvalue weighted by molar-refractivity contribution is -0.124. The van der Waals surface area contributed by atoms with Crippen LogP contribution in [0.25, 0.3) is 0 Å². The van der Waals surface area contributed by atoms with Gasteiger partial charge in [-0.15, -0.1) is 0 Å². The van der Waals surface area contributed by atoms with Crippen molar-refractivity contribution in [1.29, 1.82) is 0 Å². The molecule has 0 spiro atoms. The molecule has 0 amide bonds. The van der Waals surface area contributed by atoms with Gasteiger partial charge in [0.15, 0.2) is 0 Å². The number of piperidine rings is 3. The molecule has 2 atom stereocenters. The second-order valence-electron chi connectivity index (χ2n) is 5.21. The Morgan fingerprint density at radius 3 is 2.80 bits per heavy atom. The molecule has 82 valence electrons. The lowest BCUT2D eigenvalue weighted by Crippen LogP contribution is -2.48. The highest BCUT2D eigenvalue weighted by Crippen LogP contribution is 2.44. The zero-order valence-corrected chi connectivity index (χ0v) is 9.41. The first-order valence-corrected chi connectivity index (χ1v) is 6.29. The molecule has 0 N–H and O–H groups in total. The largest absolute Gasteiger partial charge is 0.375 e. The second kappa shape index (κ2) is 3.36. The number of Topliss-reactive ketones (excluding diaryl/α,β-unsaturated/α-hetero) is 1. The number of rotatable bonds is 1. The van der Waals surface area contributed by atoms with Gasteiger partial charge in [0.2, 0.25) is 0 Å². The third-order valence-corrected chi connectivity index (χ3v) is 4.50. The van der Waals surface area contributed by atoms with Crippen molar-refractivity contribution in [3.8, 4) is 0 Å². The van der Waals surface area contributed by atoms with E-state index in [9.17, 15) is 4.79 Å². The summed E-state index contributed by atoms with van der Waals surface area (Å²) in [5, 5.41) is 0. The van der Waals surface area contributed by atoms with E-state index in [4.69, 9.17) is 0 Å². The summed E-state index contributed by atoms with van der Waals surface area (Å²) in [6, 6.07) is 0. The number of fused-ring (bicyclic) bond motifs is 2. The summed E-state index contributed by atoms with van der Waals surface area (Å²) in [6.45, 7) is 4.59. The standard InChI is InChI=1S/C13H19NO/c1-2-9-7-12-11(8-13(9)15)10-3-5-14(12)6-4-10/h7,9-11H,2-6,8H2,1H3. The fourth-order valence-electron chi connectivity index (χ4n) is 3.55. The van der Waals surface area contributed by atoms with Crippen molar-refractivity contribution in [1.82, 2.24) is 4.90 Å². The van der Waals surface area contributed by atoms with E-state index in [0.717, 1.165) is 18.8 Å². The summed E-state index contributed by atoms with van der Waals surface area (Å²) in [5.41, 5.74) is 1.52. The number of carbonyl (C=O) groups excluding carboxylic acids is 1. The monoisotopic (exact) mass is 205 g/mol. The van der Waals surface area contributed by atoms with E-state index < -0.39 is 0 Å². The Balaban J connectivity index is 1.94. The predicted octanol–water partition coefficient (Wildman–Crippen LogP) is 2.21. The van der Waals surface area contributed by atoms with Crippen LogP contribution in [-0.4, -0.2) is 23.8 Å². The Morgan fingerprint density at radius 1 is 1.40 bits per heavy atom. The first-order valence-electron chi connectivity index (χ1n) is 6.29. The molecular weight excluding hydrogens is 186 g/mol. The highest BCUT2D eigenvalue weighted by atomic mass is 16.1. The Labute approximate surface area is 91.3 Å². The number of carbonyl (C=O) groups is 1. The van der Waals surface area contributed by atoms with Crippen molar-refractivity contribution in [2.24, 2.45) is 17.8 Å². The molecule has 1 aliphatic carbocycles. The molecule has 15 heavy (non-hydrogen) atoms. The Hall–Kier alpha value is -0.790. The van der Waals surface area contributed by atoms with Crippen LogP contribution in [0, 0.1) is 17.8 Å². The number of hydrogen-bond donors (Lipinski definition) is 0. The number of hydrogen-bond acceptors (Lipinski definition) is 2. The average molecular weight is 205 g/mol. The van der Waals surface area contributed by atoms with Crippen LogP contribution in [0.3, 0.4) is 0 Å². The summed E-state index contributed by atoms with van der Waals surface area (Å²) in [4.78, 5) is 14.4. The van der Waals surface area contributed by atoms with Gasteiger partial charge in [0.05, 0.1) is 0 Å². The SMILES string of the molecule is CCC1C=C2C(CC1=O)C1CCN2CC1. The average Bonchev–Trinajstić information content (AvgIpc) is 2.29. The van der Waals surface area contributed by atoms with Gasteiger partial charge in [-0.1, -0.05) is 13.0 Å². The van der Waals surface area contributed by atoms with Crippen LogP contribution in [0.15, 0.2) is 11.8 Å². The molecule has 0 saturated carbocycles. The van der Waals surface area contributed by atoms with Crippen molar-refractivity contribution in [3.05, 3.63) is 11.8 Å². The lowest BCUT2D eigenvalue weighted by atomic mass is 9.69. The molecular formula is C13H19NO. The Bertz CT molecular complexity index is 312. The molecule has 2 unspecified atom stereocenters. The van der Waals surface area contributed by atoms with Crippen LogP contribution in [0.1, 0.15) is 32.6 Å². The summed E-state index contributed by atoms with van der Waals surface area (Å²) < 4.78 is 0. The van der Waals surface area contributed by atoms with Gasteiger partial charge in [0.25, 0.3) is 0 Å². The van der Waals surface area contributed by atoms with Gasteiger partial charge in [-0.2, -0.15) is 0 Å². The molecule has 0 aromatic carbocycles. The second-order valence-corrected chi connectivity index (χ2v) is 5.21. The molecule has 0 radical (unpaired) electrons. The van der Waals surface area contributed by atoms with Crippen LogP contribution >= 0.6 is 0 Å². The van der Waals surface area contributed by atoms with Gasteiger partial charge < -0.3 is 4.90 Å². The van der Waals surface area contributed by atoms with Gasteiger partial charge in [-0.25, -0.2) is 0 Å². The topological polar surface area (TPSA) is 20.3 Å². The minimum absolute atomic E-state index is 0.218. The molecule has 0 aromatic heterocycles. The van der Waals surface area contributed by atoms with Gasteiger partial charge in [0, 0.05) is 37.0 Å². The normalized spacial score (nSPS) is 39.0. The highest BCUT2D eigenvalue weighted by molar-refractivity contribution is 5.84. The molecule has 4 aliphatic rings. The number of ketones is 1. The third-order valence-electron chi connectivity index (χ3n) is 4.50. The maximum atomic E-state index is 11.9. The third kappa shape index (κ3) is 1.34. The van der Waals surface area contributed by atoms with Crippen molar-refractivity contribution in [2.75, 3.05) is 13.1 Å². The van der Waals surface area contributed by atoms with Crippen LogP contribution in [0.2, 0.25) is 0 Å². The van der Waals surface area contributed by atoms with E-state index in [0.29, 0.717) is 11.7 Å². The first-order chi connectivity index (χ1) is 7.29. The molecule has 2 heteroatoms. The van der Waals surface area contributed by atoms with Crippen molar-refractivity contribution >= 4 is 5.78 Å². The van der Waals surface area contributed by atoms with Gasteiger partial charge >= 0.3 is 0 Å². The van der Waals surface area contributed by atoms with Gasteiger partial charge in [-0.3, -0.25) is 4.79 Å². The van der Waals surface area contributed by atoms with E-state index in [2.05, 4.69) is 17.9 Å². The zero-order chi connectivity index (χ0) is 10.4. The summed E-state index contributed by atoms with van der Waals surface area (Å²) in [6.07, 6.45) is 6.71. The summed E-state index contributed by atoms with van der Waals surface area (Å²) >= 11 is 0. The molecule has 3 fully saturated rings. The van der Waals surface area contributed by atoms with Crippen LogP contribution in [0.5, 0.6) is 0 Å². The fourth-order valence-corrected chi connectivity index (χ4v) is 3.55. The lowest BCUT2D eigenvalue weighted by Gasteiger charge is -2.50. The molecule has 3 heterocycles. The van der Waals surface area contributed by atoms with Crippen molar-refractivity contribution < 1.29 is 4.79 Å². The molecule has 3 saturated heterocycles. The van der Waals surface area contributed by atoms with Crippen molar-refractivity contribution in [3.63, 3.8) is 0 Å². The maximum Gasteiger partial charge on any atom is 0.140 e. The molecule has 2 nitrogen and oxygen atoms in total. The zero-order valence-electron chi connectivity index (χ0n) is 9.41. The predicted molar refractivity (Wildman–Crippen MR) is 59.3 cm³/mol. The molecule has 0 aromatic rings. The number of allylic oxidation sites excluding steroid dienone is 2. The minimum atomic E-state index is 0.218. The van der Waals surface area contributed by atoms with Crippen LogP contribution in [-0.2, 0) is 4.79 Å². The molecule has 3 aliphatic heterocycles.